The summed E-state index contributed by atoms with van der Waals surface area (Å²) < 4.78 is 1.86. The predicted octanol–water partition coefficient (Wildman–Crippen LogP) is 1.69. The van der Waals surface area contributed by atoms with Gasteiger partial charge in [-0.3, -0.25) is 9.58 Å². The van der Waals surface area contributed by atoms with Crippen molar-refractivity contribution >= 4 is 11.6 Å². The van der Waals surface area contributed by atoms with Crippen molar-refractivity contribution in [3.63, 3.8) is 0 Å². The zero-order chi connectivity index (χ0) is 19.6. The van der Waals surface area contributed by atoms with Gasteiger partial charge in [-0.05, 0) is 38.1 Å². The van der Waals surface area contributed by atoms with E-state index in [2.05, 4.69) is 67.8 Å². The number of rotatable bonds is 8. The predicted molar refractivity (Wildman–Crippen MR) is 116 cm³/mol. The maximum atomic E-state index is 4.66. The van der Waals surface area contributed by atoms with Gasteiger partial charge < -0.3 is 15.5 Å². The summed E-state index contributed by atoms with van der Waals surface area (Å²) in [5.41, 5.74) is 2.44. The minimum Gasteiger partial charge on any atom is -0.369 e. The van der Waals surface area contributed by atoms with Gasteiger partial charge in [-0.1, -0.05) is 18.2 Å². The van der Waals surface area contributed by atoms with Crippen LogP contribution >= 0.6 is 0 Å². The molecule has 0 unspecified atom stereocenters. The fourth-order valence-corrected chi connectivity index (χ4v) is 3.44. The van der Waals surface area contributed by atoms with Crippen molar-refractivity contribution in [2.45, 2.75) is 19.9 Å². The Hall–Kier alpha value is -2.54. The lowest BCUT2D eigenvalue weighted by Gasteiger charge is -2.36. The standard InChI is InChI=1S/C21H33N7/c1-3-22-21(24-18-20-10-12-25-26(20)2)23-11-7-13-27-14-16-28(17-15-27)19-8-5-4-6-9-19/h4-6,8-10,12H,3,7,11,13-18H2,1-2H3,(H2,22,23,24). The zero-order valence-electron chi connectivity index (χ0n) is 17.1. The number of nitrogens with zero attached hydrogens (tertiary/aromatic N) is 5. The molecule has 2 aromatic rings. The Kier molecular flexibility index (Phi) is 7.72. The summed E-state index contributed by atoms with van der Waals surface area (Å²) in [7, 11) is 1.95. The third-order valence-electron chi connectivity index (χ3n) is 5.10. The van der Waals surface area contributed by atoms with Gasteiger partial charge in [-0.2, -0.15) is 5.10 Å². The Morgan fingerprint density at radius 1 is 1.07 bits per heavy atom. The number of nitrogens with one attached hydrogen (secondary N) is 2. The molecule has 1 aliphatic rings. The third kappa shape index (κ3) is 5.99. The molecule has 2 N–H and O–H groups in total. The summed E-state index contributed by atoms with van der Waals surface area (Å²) in [6.45, 7) is 10.1. The van der Waals surface area contributed by atoms with Crippen molar-refractivity contribution in [2.24, 2.45) is 12.0 Å². The highest BCUT2D eigenvalue weighted by molar-refractivity contribution is 5.79. The number of hydrogen-bond acceptors (Lipinski definition) is 4. The number of guanidine groups is 1. The van der Waals surface area contributed by atoms with Gasteiger partial charge in [0, 0.05) is 58.2 Å². The Morgan fingerprint density at radius 2 is 1.86 bits per heavy atom. The van der Waals surface area contributed by atoms with Crippen LogP contribution in [0, 0.1) is 0 Å². The normalized spacial score (nSPS) is 15.6. The molecule has 1 aliphatic heterocycles. The lowest BCUT2D eigenvalue weighted by atomic mass is 10.2. The minimum atomic E-state index is 0.632. The van der Waals surface area contributed by atoms with Crippen LogP contribution in [0.25, 0.3) is 0 Å². The fourth-order valence-electron chi connectivity index (χ4n) is 3.44. The summed E-state index contributed by atoms with van der Waals surface area (Å²) in [6.07, 6.45) is 2.92. The molecular weight excluding hydrogens is 350 g/mol. The molecule has 0 atom stereocenters. The molecule has 0 saturated carbocycles. The highest BCUT2D eigenvalue weighted by atomic mass is 15.3. The highest BCUT2D eigenvalue weighted by Crippen LogP contribution is 2.15. The monoisotopic (exact) mass is 383 g/mol. The second-order valence-corrected chi connectivity index (χ2v) is 7.09. The van der Waals surface area contributed by atoms with Gasteiger partial charge in [0.1, 0.15) is 0 Å². The van der Waals surface area contributed by atoms with E-state index in [0.717, 1.165) is 63.9 Å². The quantitative estimate of drug-likeness (QED) is 0.413. The smallest absolute Gasteiger partial charge is 0.191 e. The molecule has 0 amide bonds. The summed E-state index contributed by atoms with van der Waals surface area (Å²) in [4.78, 5) is 9.69. The van der Waals surface area contributed by atoms with E-state index in [1.807, 2.05) is 24.0 Å². The van der Waals surface area contributed by atoms with E-state index in [0.29, 0.717) is 6.54 Å². The SMILES string of the molecule is CCNC(=NCc1ccnn1C)NCCCN1CCN(c2ccccc2)CC1. The molecule has 1 aromatic carbocycles. The summed E-state index contributed by atoms with van der Waals surface area (Å²) in [6, 6.07) is 12.7. The van der Waals surface area contributed by atoms with E-state index in [1.54, 1.807) is 0 Å². The molecule has 2 heterocycles. The summed E-state index contributed by atoms with van der Waals surface area (Å²) in [5.74, 6) is 0.873. The lowest BCUT2D eigenvalue weighted by molar-refractivity contribution is 0.255. The van der Waals surface area contributed by atoms with Crippen molar-refractivity contribution in [2.75, 3.05) is 50.7 Å². The van der Waals surface area contributed by atoms with Crippen LogP contribution in [0.4, 0.5) is 5.69 Å². The zero-order valence-corrected chi connectivity index (χ0v) is 17.1. The second kappa shape index (κ2) is 10.7. The molecule has 3 rings (SSSR count). The Labute approximate surface area is 168 Å². The fraction of sp³-hybridized carbons (Fsp3) is 0.524. The molecule has 152 valence electrons. The first-order valence-corrected chi connectivity index (χ1v) is 10.3. The van der Waals surface area contributed by atoms with E-state index in [4.69, 9.17) is 0 Å². The minimum absolute atomic E-state index is 0.632. The molecule has 7 heteroatoms. The molecule has 0 aliphatic carbocycles. The maximum Gasteiger partial charge on any atom is 0.191 e. The number of piperazine rings is 1. The number of anilines is 1. The van der Waals surface area contributed by atoms with Crippen LogP contribution in [0.3, 0.4) is 0 Å². The lowest BCUT2D eigenvalue weighted by Crippen LogP contribution is -2.47. The molecule has 1 aromatic heterocycles. The molecular formula is C21H33N7. The first-order valence-electron chi connectivity index (χ1n) is 10.3. The van der Waals surface area contributed by atoms with Crippen LogP contribution in [0.15, 0.2) is 47.6 Å². The van der Waals surface area contributed by atoms with Gasteiger partial charge >= 0.3 is 0 Å². The Morgan fingerprint density at radius 3 is 2.54 bits per heavy atom. The van der Waals surface area contributed by atoms with Gasteiger partial charge in [-0.25, -0.2) is 4.99 Å². The molecule has 0 radical (unpaired) electrons. The van der Waals surface area contributed by atoms with Gasteiger partial charge in [0.25, 0.3) is 0 Å². The number of para-hydroxylation sites is 1. The van der Waals surface area contributed by atoms with Gasteiger partial charge in [0.2, 0.25) is 0 Å². The van der Waals surface area contributed by atoms with Crippen LogP contribution in [0.2, 0.25) is 0 Å². The number of aryl methyl sites for hydroxylation is 1. The van der Waals surface area contributed by atoms with Gasteiger partial charge in [0.15, 0.2) is 5.96 Å². The van der Waals surface area contributed by atoms with E-state index in [1.165, 1.54) is 5.69 Å². The number of aliphatic imine (C=N–C) groups is 1. The molecule has 7 nitrogen and oxygen atoms in total. The van der Waals surface area contributed by atoms with E-state index in [9.17, 15) is 0 Å². The van der Waals surface area contributed by atoms with E-state index in [-0.39, 0.29) is 0 Å². The number of benzene rings is 1. The third-order valence-corrected chi connectivity index (χ3v) is 5.10. The van der Waals surface area contributed by atoms with Crippen LogP contribution in [0.1, 0.15) is 19.0 Å². The summed E-state index contributed by atoms with van der Waals surface area (Å²) in [5, 5.41) is 11.0. The van der Waals surface area contributed by atoms with Crippen LogP contribution in [-0.4, -0.2) is 66.5 Å². The van der Waals surface area contributed by atoms with Crippen molar-refractivity contribution in [3.05, 3.63) is 48.3 Å². The highest BCUT2D eigenvalue weighted by Gasteiger charge is 2.16. The van der Waals surface area contributed by atoms with E-state index >= 15 is 0 Å². The van der Waals surface area contributed by atoms with Crippen molar-refractivity contribution < 1.29 is 0 Å². The molecule has 1 fully saturated rings. The largest absolute Gasteiger partial charge is 0.369 e. The molecule has 28 heavy (non-hydrogen) atoms. The van der Waals surface area contributed by atoms with Crippen LogP contribution in [-0.2, 0) is 13.6 Å². The first kappa shape index (κ1) is 20.2. The second-order valence-electron chi connectivity index (χ2n) is 7.09. The van der Waals surface area contributed by atoms with Crippen LogP contribution in [0.5, 0.6) is 0 Å². The Balaban J connectivity index is 1.35. The molecule has 1 saturated heterocycles. The van der Waals surface area contributed by atoms with Crippen molar-refractivity contribution in [3.8, 4) is 0 Å². The number of hydrogen-bond donors (Lipinski definition) is 2. The molecule has 0 spiro atoms. The topological polar surface area (TPSA) is 60.7 Å². The average molecular weight is 384 g/mol. The van der Waals surface area contributed by atoms with Gasteiger partial charge in [0.05, 0.1) is 12.2 Å². The van der Waals surface area contributed by atoms with Crippen LogP contribution < -0.4 is 15.5 Å². The Bertz CT molecular complexity index is 717. The van der Waals surface area contributed by atoms with Crippen molar-refractivity contribution in [1.82, 2.24) is 25.3 Å². The average Bonchev–Trinajstić information content (AvgIpc) is 3.15. The van der Waals surface area contributed by atoms with Gasteiger partial charge in [-0.15, -0.1) is 0 Å². The molecule has 0 bridgehead atoms. The number of aromatic nitrogens is 2. The van der Waals surface area contributed by atoms with Crippen molar-refractivity contribution in [1.29, 1.82) is 0 Å². The first-order chi connectivity index (χ1) is 13.8. The summed E-state index contributed by atoms with van der Waals surface area (Å²) >= 11 is 0. The van der Waals surface area contributed by atoms with E-state index < -0.39 is 0 Å². The maximum absolute atomic E-state index is 4.66.